The molecule has 0 bridgehead atoms. The van der Waals surface area contributed by atoms with Crippen LogP contribution < -0.4 is 32.7 Å². The van der Waals surface area contributed by atoms with Crippen molar-refractivity contribution in [2.24, 2.45) is 0 Å². The third-order valence-corrected chi connectivity index (χ3v) is 8.44. The molecule has 6 aromatic rings. The van der Waals surface area contributed by atoms with Crippen LogP contribution in [0, 0.1) is 0 Å². The minimum atomic E-state index is -0.636. The summed E-state index contributed by atoms with van der Waals surface area (Å²) in [4.78, 5) is 25.5. The number of fused-ring (bicyclic) bond motifs is 3. The largest absolute Gasteiger partial charge is 0.399 e. The third-order valence-electron chi connectivity index (χ3n) is 8.44. The van der Waals surface area contributed by atoms with Gasteiger partial charge in [0.25, 0.3) is 0 Å². The second-order valence-corrected chi connectivity index (χ2v) is 11.4. The molecule has 0 radical (unpaired) electrons. The second kappa shape index (κ2) is 12.1. The lowest BCUT2D eigenvalue weighted by atomic mass is 9.67. The molecule has 0 aliphatic heterocycles. The van der Waals surface area contributed by atoms with Crippen molar-refractivity contribution in [3.63, 3.8) is 0 Å². The van der Waals surface area contributed by atoms with E-state index in [1.165, 1.54) is 11.1 Å². The number of nitrogens with two attached hydrogens (primary N) is 2. The van der Waals surface area contributed by atoms with Crippen molar-refractivity contribution < 1.29 is 9.59 Å². The number of hydrogen-bond donors (Lipinski definition) is 6. The number of anilines is 6. The minimum absolute atomic E-state index is 0.350. The van der Waals surface area contributed by atoms with Crippen LogP contribution in [0.4, 0.5) is 43.7 Å². The molecule has 1 aliphatic rings. The number of nitrogens with one attached hydrogen (secondary N) is 4. The van der Waals surface area contributed by atoms with Gasteiger partial charge in [0.05, 0.1) is 5.41 Å². The molecule has 47 heavy (non-hydrogen) atoms. The molecular formula is C39H32N6O2. The number of rotatable bonds is 6. The maximum absolute atomic E-state index is 12.8. The monoisotopic (exact) mass is 616 g/mol. The molecule has 7 rings (SSSR count). The zero-order valence-electron chi connectivity index (χ0n) is 25.3. The number of hydrogen-bond acceptors (Lipinski definition) is 4. The first kappa shape index (κ1) is 29.2. The van der Waals surface area contributed by atoms with Crippen molar-refractivity contribution >= 4 is 46.2 Å². The molecule has 6 aromatic carbocycles. The van der Waals surface area contributed by atoms with Crippen LogP contribution in [-0.2, 0) is 5.41 Å². The fourth-order valence-corrected chi connectivity index (χ4v) is 6.35. The maximum atomic E-state index is 12.8. The van der Waals surface area contributed by atoms with E-state index in [0.717, 1.165) is 22.3 Å². The summed E-state index contributed by atoms with van der Waals surface area (Å²) in [6.45, 7) is 0. The third kappa shape index (κ3) is 5.60. The summed E-state index contributed by atoms with van der Waals surface area (Å²) in [6, 6.07) is 46.1. The van der Waals surface area contributed by atoms with E-state index in [-0.39, 0.29) is 12.1 Å². The van der Waals surface area contributed by atoms with E-state index in [1.807, 2.05) is 24.3 Å². The van der Waals surface area contributed by atoms with E-state index in [4.69, 9.17) is 11.5 Å². The average molecular weight is 617 g/mol. The Bertz CT molecular complexity index is 1920. The van der Waals surface area contributed by atoms with Gasteiger partial charge >= 0.3 is 12.1 Å². The Labute approximate surface area is 272 Å². The molecule has 8 heteroatoms. The van der Waals surface area contributed by atoms with E-state index in [0.29, 0.717) is 34.1 Å². The van der Waals surface area contributed by atoms with Gasteiger partial charge in [-0.15, -0.1) is 0 Å². The van der Waals surface area contributed by atoms with E-state index >= 15 is 0 Å². The van der Waals surface area contributed by atoms with E-state index < -0.39 is 5.41 Å². The van der Waals surface area contributed by atoms with Gasteiger partial charge in [-0.05, 0) is 106 Å². The van der Waals surface area contributed by atoms with Crippen molar-refractivity contribution in [1.29, 1.82) is 0 Å². The van der Waals surface area contributed by atoms with Crippen molar-refractivity contribution in [3.8, 4) is 11.1 Å². The summed E-state index contributed by atoms with van der Waals surface area (Å²) in [5, 5.41) is 11.5. The van der Waals surface area contributed by atoms with Crippen molar-refractivity contribution in [3.05, 3.63) is 168 Å². The molecule has 0 saturated heterocycles. The van der Waals surface area contributed by atoms with Crippen molar-refractivity contribution in [2.45, 2.75) is 5.41 Å². The van der Waals surface area contributed by atoms with Gasteiger partial charge in [-0.2, -0.15) is 0 Å². The highest BCUT2D eigenvalue weighted by molar-refractivity contribution is 6.00. The average Bonchev–Trinajstić information content (AvgIpc) is 3.39. The first-order valence-corrected chi connectivity index (χ1v) is 15.2. The lowest BCUT2D eigenvalue weighted by molar-refractivity contribution is 0.261. The van der Waals surface area contributed by atoms with Gasteiger partial charge in [-0.3, -0.25) is 0 Å². The second-order valence-electron chi connectivity index (χ2n) is 11.4. The van der Waals surface area contributed by atoms with Gasteiger partial charge in [0.1, 0.15) is 0 Å². The zero-order chi connectivity index (χ0) is 32.4. The Kier molecular flexibility index (Phi) is 7.51. The number of carbonyl (C=O) groups excluding carboxylic acids is 2. The molecular weight excluding hydrogens is 584 g/mol. The molecule has 8 N–H and O–H groups in total. The SMILES string of the molecule is Nc1ccc(NC(=O)Nc2ccc(C3(c4ccc(NC(=O)Nc5ccc(N)cc5)cc4)c4ccccc4-c4ccccc43)cc2)cc1. The first-order valence-electron chi connectivity index (χ1n) is 15.2. The lowest BCUT2D eigenvalue weighted by Gasteiger charge is -2.34. The topological polar surface area (TPSA) is 134 Å². The molecule has 0 fully saturated rings. The summed E-state index contributed by atoms with van der Waals surface area (Å²) >= 11 is 0. The first-order chi connectivity index (χ1) is 22.9. The summed E-state index contributed by atoms with van der Waals surface area (Å²) in [6.07, 6.45) is 0. The summed E-state index contributed by atoms with van der Waals surface area (Å²) in [5.74, 6) is 0. The molecule has 230 valence electrons. The molecule has 0 saturated carbocycles. The Hall–Kier alpha value is -6.54. The van der Waals surface area contributed by atoms with Crippen LogP contribution in [0.3, 0.4) is 0 Å². The van der Waals surface area contributed by atoms with Gasteiger partial charge < -0.3 is 32.7 Å². The van der Waals surface area contributed by atoms with Gasteiger partial charge in [-0.25, -0.2) is 9.59 Å². The zero-order valence-corrected chi connectivity index (χ0v) is 25.3. The fraction of sp³-hybridized carbons (Fsp3) is 0.0256. The smallest absolute Gasteiger partial charge is 0.323 e. The van der Waals surface area contributed by atoms with Gasteiger partial charge in [-0.1, -0.05) is 72.8 Å². The van der Waals surface area contributed by atoms with Crippen LogP contribution in [0.15, 0.2) is 146 Å². The van der Waals surface area contributed by atoms with Crippen LogP contribution in [0.5, 0.6) is 0 Å². The van der Waals surface area contributed by atoms with E-state index in [1.54, 1.807) is 48.5 Å². The molecule has 0 aromatic heterocycles. The Morgan fingerprint density at radius 3 is 1.04 bits per heavy atom. The van der Waals surface area contributed by atoms with E-state index in [9.17, 15) is 9.59 Å². The highest BCUT2D eigenvalue weighted by Gasteiger charge is 2.45. The van der Waals surface area contributed by atoms with Crippen molar-refractivity contribution in [1.82, 2.24) is 0 Å². The Morgan fingerprint density at radius 2 is 0.702 bits per heavy atom. The molecule has 8 nitrogen and oxygen atoms in total. The fourth-order valence-electron chi connectivity index (χ4n) is 6.35. The number of nitrogen functional groups attached to an aromatic ring is 2. The highest BCUT2D eigenvalue weighted by Crippen LogP contribution is 2.56. The van der Waals surface area contributed by atoms with Crippen LogP contribution >= 0.6 is 0 Å². The number of amides is 4. The summed E-state index contributed by atoms with van der Waals surface area (Å²) < 4.78 is 0. The number of urea groups is 2. The van der Waals surface area contributed by atoms with Gasteiger partial charge in [0.15, 0.2) is 0 Å². The predicted octanol–water partition coefficient (Wildman–Crippen LogP) is 8.50. The van der Waals surface area contributed by atoms with Gasteiger partial charge in [0.2, 0.25) is 0 Å². The number of carbonyl (C=O) groups is 2. The quantitative estimate of drug-likeness (QED) is 0.104. The van der Waals surface area contributed by atoms with Crippen molar-refractivity contribution in [2.75, 3.05) is 32.7 Å². The standard InChI is InChI=1S/C39H32N6O2/c40-27-13-21-31(22-14-27)44-37(46)42-29-17-9-25(10-18-29)39(35-7-3-1-5-33(35)34-6-2-4-8-36(34)39)26-11-19-30(20-12-26)43-38(47)45-32-23-15-28(41)16-24-32/h1-24H,40-41H2,(H2,42,44,46)(H2,43,45,47). The Balaban J connectivity index is 1.21. The van der Waals surface area contributed by atoms with Crippen LogP contribution in [0.2, 0.25) is 0 Å². The lowest BCUT2D eigenvalue weighted by Crippen LogP contribution is -2.28. The number of benzene rings is 6. The molecule has 0 unspecified atom stereocenters. The van der Waals surface area contributed by atoms with Crippen LogP contribution in [-0.4, -0.2) is 12.1 Å². The van der Waals surface area contributed by atoms with Crippen LogP contribution in [0.25, 0.3) is 11.1 Å². The van der Waals surface area contributed by atoms with Crippen LogP contribution in [0.1, 0.15) is 22.3 Å². The minimum Gasteiger partial charge on any atom is -0.399 e. The molecule has 0 heterocycles. The predicted molar refractivity (Wildman–Crippen MR) is 191 cm³/mol. The Morgan fingerprint density at radius 1 is 0.404 bits per heavy atom. The molecule has 4 amide bonds. The van der Waals surface area contributed by atoms with E-state index in [2.05, 4.69) is 94.1 Å². The molecule has 1 aliphatic carbocycles. The highest BCUT2D eigenvalue weighted by atomic mass is 16.2. The van der Waals surface area contributed by atoms with Gasteiger partial charge in [0, 0.05) is 34.1 Å². The summed E-state index contributed by atoms with van der Waals surface area (Å²) in [7, 11) is 0. The summed E-state index contributed by atoms with van der Waals surface area (Å²) in [5.41, 5.74) is 21.5. The maximum Gasteiger partial charge on any atom is 0.323 e. The molecule has 0 atom stereocenters. The molecule has 0 spiro atoms. The normalized spacial score (nSPS) is 12.3.